The van der Waals surface area contributed by atoms with E-state index in [0.717, 1.165) is 14.2 Å². The van der Waals surface area contributed by atoms with Crippen LogP contribution in [0.15, 0.2) is 27.2 Å². The number of rotatable bonds is 6. The Labute approximate surface area is 137 Å². The topological polar surface area (TPSA) is 105 Å². The Bertz CT molecular complexity index is 738. The second kappa shape index (κ2) is 7.49. The summed E-state index contributed by atoms with van der Waals surface area (Å²) >= 11 is 0. The van der Waals surface area contributed by atoms with Gasteiger partial charge < -0.3 is 23.0 Å². The highest BCUT2D eigenvalue weighted by atomic mass is 16.5. The zero-order valence-corrected chi connectivity index (χ0v) is 13.4. The summed E-state index contributed by atoms with van der Waals surface area (Å²) in [6, 6.07) is 3.16. The van der Waals surface area contributed by atoms with Gasteiger partial charge in [-0.1, -0.05) is 0 Å². The Kier molecular flexibility index (Phi) is 5.41. The van der Waals surface area contributed by atoms with Gasteiger partial charge in [0.2, 0.25) is 5.76 Å². The highest BCUT2D eigenvalue weighted by Crippen LogP contribution is 2.33. The second-order valence-electron chi connectivity index (χ2n) is 4.56. The van der Waals surface area contributed by atoms with Gasteiger partial charge in [0.05, 0.1) is 33.5 Å². The highest BCUT2D eigenvalue weighted by molar-refractivity contribution is 6.04. The largest absolute Gasteiger partial charge is 0.466 e. The predicted octanol–water partition coefficient (Wildman–Crippen LogP) is 2.22. The SMILES string of the molecule is CCOC(=O)Cc1c(-c2ccco2)oc(C(=O)OC)c1C(=O)OC. The summed E-state index contributed by atoms with van der Waals surface area (Å²) in [6.07, 6.45) is 1.09. The average molecular weight is 336 g/mol. The van der Waals surface area contributed by atoms with Crippen LogP contribution in [0.25, 0.3) is 11.5 Å². The Morgan fingerprint density at radius 1 is 1.12 bits per heavy atom. The molecule has 0 aliphatic carbocycles. The van der Waals surface area contributed by atoms with Crippen molar-refractivity contribution in [1.82, 2.24) is 0 Å². The fraction of sp³-hybridized carbons (Fsp3) is 0.312. The molecule has 2 aromatic rings. The minimum Gasteiger partial charge on any atom is -0.466 e. The molecule has 0 amide bonds. The number of hydrogen-bond acceptors (Lipinski definition) is 8. The van der Waals surface area contributed by atoms with Crippen molar-refractivity contribution in [3.05, 3.63) is 35.3 Å². The van der Waals surface area contributed by atoms with Crippen LogP contribution in [0.5, 0.6) is 0 Å². The van der Waals surface area contributed by atoms with E-state index in [-0.39, 0.29) is 41.4 Å². The maximum absolute atomic E-state index is 12.1. The van der Waals surface area contributed by atoms with Crippen molar-refractivity contribution in [1.29, 1.82) is 0 Å². The molecule has 0 aliphatic rings. The molecule has 0 aromatic carbocycles. The zero-order chi connectivity index (χ0) is 17.7. The summed E-state index contributed by atoms with van der Waals surface area (Å²) < 4.78 is 24.9. The van der Waals surface area contributed by atoms with Crippen LogP contribution in [0.4, 0.5) is 0 Å². The molecule has 0 bridgehead atoms. The summed E-state index contributed by atoms with van der Waals surface area (Å²) in [4.78, 5) is 35.9. The Balaban J connectivity index is 2.65. The molecule has 2 aromatic heterocycles. The van der Waals surface area contributed by atoms with E-state index < -0.39 is 17.9 Å². The monoisotopic (exact) mass is 336 g/mol. The first-order valence-electron chi connectivity index (χ1n) is 7.05. The van der Waals surface area contributed by atoms with E-state index in [1.807, 2.05) is 0 Å². The minimum atomic E-state index is -0.877. The molecular weight excluding hydrogens is 320 g/mol. The molecule has 0 radical (unpaired) electrons. The number of furan rings is 2. The van der Waals surface area contributed by atoms with Crippen LogP contribution in [-0.4, -0.2) is 38.7 Å². The van der Waals surface area contributed by atoms with E-state index in [1.54, 1.807) is 19.1 Å². The van der Waals surface area contributed by atoms with Gasteiger partial charge in [-0.2, -0.15) is 0 Å². The summed E-state index contributed by atoms with van der Waals surface area (Å²) in [6.45, 7) is 1.83. The maximum Gasteiger partial charge on any atom is 0.374 e. The van der Waals surface area contributed by atoms with Crippen molar-refractivity contribution in [3.8, 4) is 11.5 Å². The van der Waals surface area contributed by atoms with Crippen molar-refractivity contribution >= 4 is 17.9 Å². The van der Waals surface area contributed by atoms with Gasteiger partial charge in [0, 0.05) is 5.56 Å². The third-order valence-electron chi connectivity index (χ3n) is 3.14. The molecule has 0 atom stereocenters. The van der Waals surface area contributed by atoms with Crippen LogP contribution in [0.1, 0.15) is 33.4 Å². The van der Waals surface area contributed by atoms with Gasteiger partial charge in [-0.3, -0.25) is 4.79 Å². The van der Waals surface area contributed by atoms with E-state index >= 15 is 0 Å². The fourth-order valence-electron chi connectivity index (χ4n) is 2.15. The van der Waals surface area contributed by atoms with Gasteiger partial charge >= 0.3 is 17.9 Å². The summed E-state index contributed by atoms with van der Waals surface area (Å²) in [5, 5.41) is 0. The number of esters is 3. The van der Waals surface area contributed by atoms with Crippen LogP contribution < -0.4 is 0 Å². The molecule has 2 heterocycles. The standard InChI is InChI=1S/C16H16O8/c1-4-22-11(17)8-9-12(15(18)20-2)14(16(19)21-3)24-13(9)10-6-5-7-23-10/h5-7H,4,8H2,1-3H3. The molecule has 8 nitrogen and oxygen atoms in total. The number of carbonyl (C=O) groups is 3. The quantitative estimate of drug-likeness (QED) is 0.584. The van der Waals surface area contributed by atoms with Crippen LogP contribution in [-0.2, 0) is 25.4 Å². The van der Waals surface area contributed by atoms with Crippen LogP contribution in [0.3, 0.4) is 0 Å². The molecule has 0 fully saturated rings. The predicted molar refractivity (Wildman–Crippen MR) is 79.4 cm³/mol. The molecule has 2 rings (SSSR count). The van der Waals surface area contributed by atoms with Gasteiger partial charge in [0.1, 0.15) is 5.56 Å². The Hall–Kier alpha value is -3.03. The highest BCUT2D eigenvalue weighted by Gasteiger charge is 2.33. The summed E-state index contributed by atoms with van der Waals surface area (Å²) in [7, 11) is 2.29. The van der Waals surface area contributed by atoms with E-state index in [0.29, 0.717) is 0 Å². The zero-order valence-electron chi connectivity index (χ0n) is 13.4. The van der Waals surface area contributed by atoms with Crippen molar-refractivity contribution in [2.45, 2.75) is 13.3 Å². The third kappa shape index (κ3) is 3.32. The van der Waals surface area contributed by atoms with E-state index in [9.17, 15) is 14.4 Å². The molecule has 8 heteroatoms. The lowest BCUT2D eigenvalue weighted by molar-refractivity contribution is -0.142. The van der Waals surface area contributed by atoms with E-state index in [2.05, 4.69) is 4.74 Å². The molecule has 24 heavy (non-hydrogen) atoms. The molecular formula is C16H16O8. The van der Waals surface area contributed by atoms with Gasteiger partial charge in [-0.05, 0) is 19.1 Å². The molecule has 0 saturated carbocycles. The lowest BCUT2D eigenvalue weighted by Crippen LogP contribution is -2.14. The van der Waals surface area contributed by atoms with Crippen LogP contribution >= 0.6 is 0 Å². The summed E-state index contributed by atoms with van der Waals surface area (Å²) in [5.41, 5.74) is -0.0561. The van der Waals surface area contributed by atoms with E-state index in [1.165, 1.54) is 6.26 Å². The Morgan fingerprint density at radius 2 is 1.83 bits per heavy atom. The number of carbonyl (C=O) groups excluding carboxylic acids is 3. The first-order chi connectivity index (χ1) is 11.5. The van der Waals surface area contributed by atoms with E-state index in [4.69, 9.17) is 18.3 Å². The molecule has 0 N–H and O–H groups in total. The third-order valence-corrected chi connectivity index (χ3v) is 3.14. The fourth-order valence-corrected chi connectivity index (χ4v) is 2.15. The molecule has 0 unspecified atom stereocenters. The lowest BCUT2D eigenvalue weighted by Gasteiger charge is -2.04. The second-order valence-corrected chi connectivity index (χ2v) is 4.56. The smallest absolute Gasteiger partial charge is 0.374 e. The summed E-state index contributed by atoms with van der Waals surface area (Å²) in [5.74, 6) is -2.36. The first kappa shape index (κ1) is 17.3. The van der Waals surface area contributed by atoms with Crippen molar-refractivity contribution < 1.29 is 37.4 Å². The number of methoxy groups -OCH3 is 2. The number of hydrogen-bond donors (Lipinski definition) is 0. The average Bonchev–Trinajstić information content (AvgIpc) is 3.21. The van der Waals surface area contributed by atoms with Crippen molar-refractivity contribution in [3.63, 3.8) is 0 Å². The first-order valence-corrected chi connectivity index (χ1v) is 7.05. The van der Waals surface area contributed by atoms with Gasteiger partial charge in [0.25, 0.3) is 0 Å². The molecule has 0 spiro atoms. The van der Waals surface area contributed by atoms with Crippen LogP contribution in [0, 0.1) is 0 Å². The minimum absolute atomic E-state index is 0.0638. The molecule has 0 aliphatic heterocycles. The Morgan fingerprint density at radius 3 is 2.38 bits per heavy atom. The van der Waals surface area contributed by atoms with Crippen molar-refractivity contribution in [2.24, 2.45) is 0 Å². The number of ether oxygens (including phenoxy) is 3. The van der Waals surface area contributed by atoms with Crippen LogP contribution in [0.2, 0.25) is 0 Å². The maximum atomic E-state index is 12.1. The molecule has 128 valence electrons. The van der Waals surface area contributed by atoms with Gasteiger partial charge in [-0.25, -0.2) is 9.59 Å². The van der Waals surface area contributed by atoms with Gasteiger partial charge in [-0.15, -0.1) is 0 Å². The van der Waals surface area contributed by atoms with Crippen molar-refractivity contribution in [2.75, 3.05) is 20.8 Å². The normalized spacial score (nSPS) is 10.3. The molecule has 0 saturated heterocycles. The van der Waals surface area contributed by atoms with Gasteiger partial charge in [0.15, 0.2) is 11.5 Å². The lowest BCUT2D eigenvalue weighted by atomic mass is 10.0.